The number of nitrogens with one attached hydrogen (secondary N) is 3. The van der Waals surface area contributed by atoms with Crippen LogP contribution in [-0.4, -0.2) is 338 Å². The van der Waals surface area contributed by atoms with Gasteiger partial charge in [-0.05, 0) is 6.92 Å². The highest BCUT2D eigenvalue weighted by Crippen LogP contribution is 2.39. The van der Waals surface area contributed by atoms with Gasteiger partial charge in [0.05, 0.1) is 45.2 Å². The van der Waals surface area contributed by atoms with Gasteiger partial charge >= 0.3 is 5.97 Å². The molecule has 0 aromatic heterocycles. The number of rotatable bonds is 21. The summed E-state index contributed by atoms with van der Waals surface area (Å²) in [4.78, 5) is 50.8. The number of hydrogen-bond acceptors (Lipinski definition) is 32. The summed E-state index contributed by atoms with van der Waals surface area (Å²) in [6.07, 6.45) is -54.7. The quantitative estimate of drug-likeness (QED) is 0.0507. The molecule has 36 nitrogen and oxygen atoms in total. The van der Waals surface area contributed by atoms with Gasteiger partial charge in [-0.3, -0.25) is 14.4 Å². The number of aliphatic carboxylic acids is 1. The van der Waals surface area contributed by atoms with Gasteiger partial charge in [0.2, 0.25) is 17.7 Å². The first-order valence-electron chi connectivity index (χ1n) is 25.6. The second kappa shape index (κ2) is 28.3. The predicted octanol–water partition coefficient (Wildman–Crippen LogP) is -13.4. The van der Waals surface area contributed by atoms with Crippen LogP contribution in [0.25, 0.3) is 0 Å². The molecule has 0 bridgehead atoms. The van der Waals surface area contributed by atoms with Crippen molar-refractivity contribution in [3.63, 3.8) is 0 Å². The number of carbonyl (C=O) groups excluding carboxylic acids is 3. The summed E-state index contributed by atoms with van der Waals surface area (Å²) in [6.45, 7) is -0.900. The second-order valence-electron chi connectivity index (χ2n) is 20.4. The average molecular weight is 1190 g/mol. The molecular formula is C45H75N3O33. The van der Waals surface area contributed by atoms with E-state index in [1.807, 2.05) is 0 Å². The zero-order chi connectivity index (χ0) is 60.3. The fourth-order valence-corrected chi connectivity index (χ4v) is 10.2. The topological polar surface area (TPSA) is 570 Å². The predicted molar refractivity (Wildman–Crippen MR) is 250 cm³/mol. The van der Waals surface area contributed by atoms with E-state index in [9.17, 15) is 111 Å². The van der Waals surface area contributed by atoms with Crippen molar-refractivity contribution in [2.75, 3.05) is 33.0 Å². The molecule has 6 aliphatic rings. The SMILES string of the molecule is CC(=O)N[C@@H]1[C@@H](O[C@@H]2O[C@H](CO)[C@H](O)[C@H](O[C@]3(C(=O)O)C[C@H](O)[C@@H](O)[C@H]([C@H](O)[C@H](O)CO)O3)[C@H]2O)[C@@H](O)[C@@H](CO[C@@H]2O[C@H](CO)[C@@H](O[C@@H]3O[C@H](CO)[C@H](O)[C@H](O)[C@H]3NC(C)=O)[C@H](O[C@@H]3O[C@@H](C)[C@@H](O)[C@@H](O)[C@@H]3O)[C@H]2NC(C)=O)O[C@H]1O. The molecule has 0 aromatic rings. The zero-order valence-corrected chi connectivity index (χ0v) is 43.7. The van der Waals surface area contributed by atoms with E-state index in [2.05, 4.69) is 16.0 Å². The maximum absolute atomic E-state index is 13.0. The van der Waals surface area contributed by atoms with E-state index in [1.165, 1.54) is 6.92 Å². The van der Waals surface area contributed by atoms with Crippen molar-refractivity contribution in [3.05, 3.63) is 0 Å². The minimum atomic E-state index is -3.22. The zero-order valence-electron chi connectivity index (χ0n) is 43.7. The van der Waals surface area contributed by atoms with Crippen LogP contribution >= 0.6 is 0 Å². The van der Waals surface area contributed by atoms with E-state index in [1.54, 1.807) is 0 Å². The molecule has 0 saturated carbocycles. The van der Waals surface area contributed by atoms with E-state index < -0.39 is 253 Å². The molecule has 0 radical (unpaired) electrons. The van der Waals surface area contributed by atoms with Crippen LogP contribution in [0.5, 0.6) is 0 Å². The molecule has 31 atom stereocenters. The molecule has 468 valence electrons. The largest absolute Gasteiger partial charge is 0.477 e. The summed E-state index contributed by atoms with van der Waals surface area (Å²) < 4.78 is 64.2. The van der Waals surface area contributed by atoms with Crippen molar-refractivity contribution in [1.29, 1.82) is 0 Å². The van der Waals surface area contributed by atoms with Crippen molar-refractivity contribution >= 4 is 23.7 Å². The molecule has 0 spiro atoms. The molecule has 6 aliphatic heterocycles. The third-order valence-corrected chi connectivity index (χ3v) is 14.5. The van der Waals surface area contributed by atoms with Crippen LogP contribution < -0.4 is 16.0 Å². The van der Waals surface area contributed by atoms with Gasteiger partial charge in [0.25, 0.3) is 5.79 Å². The van der Waals surface area contributed by atoms with Crippen molar-refractivity contribution in [2.45, 2.75) is 224 Å². The summed E-state index contributed by atoms with van der Waals surface area (Å²) in [5.41, 5.74) is 0. The normalized spacial score (nSPS) is 46.7. The smallest absolute Gasteiger partial charge is 0.364 e. The van der Waals surface area contributed by atoms with Crippen molar-refractivity contribution in [2.24, 2.45) is 0 Å². The van der Waals surface area contributed by atoms with Gasteiger partial charge in [-0.1, -0.05) is 0 Å². The molecule has 0 unspecified atom stereocenters. The summed E-state index contributed by atoms with van der Waals surface area (Å²) >= 11 is 0. The Kier molecular flexibility index (Phi) is 23.4. The number of amides is 3. The molecule has 3 amide bonds. The van der Waals surface area contributed by atoms with Gasteiger partial charge in [-0.15, -0.1) is 0 Å². The molecule has 6 rings (SSSR count). The Labute approximate surface area is 459 Å². The average Bonchev–Trinajstić information content (AvgIpc) is 3.58. The van der Waals surface area contributed by atoms with E-state index in [0.717, 1.165) is 20.8 Å². The van der Waals surface area contributed by atoms with Gasteiger partial charge in [0.1, 0.15) is 140 Å². The number of aliphatic hydroxyl groups is 17. The molecule has 36 heteroatoms. The fourth-order valence-electron chi connectivity index (χ4n) is 10.2. The lowest BCUT2D eigenvalue weighted by atomic mass is 9.90. The minimum Gasteiger partial charge on any atom is -0.477 e. The van der Waals surface area contributed by atoms with E-state index in [0.29, 0.717) is 0 Å². The number of ether oxygens (including phenoxy) is 11. The lowest BCUT2D eigenvalue weighted by molar-refractivity contribution is -0.386. The van der Waals surface area contributed by atoms with E-state index >= 15 is 0 Å². The monoisotopic (exact) mass is 1190 g/mol. The Bertz CT molecular complexity index is 2080. The summed E-state index contributed by atoms with van der Waals surface area (Å²) in [5.74, 6) is -7.84. The molecule has 0 aliphatic carbocycles. The summed E-state index contributed by atoms with van der Waals surface area (Å²) in [7, 11) is 0. The molecular weight excluding hydrogens is 1110 g/mol. The Morgan fingerprint density at radius 1 is 0.531 bits per heavy atom. The van der Waals surface area contributed by atoms with Gasteiger partial charge in [0, 0.05) is 27.2 Å². The van der Waals surface area contributed by atoms with Gasteiger partial charge in [0.15, 0.2) is 31.5 Å². The van der Waals surface area contributed by atoms with Crippen molar-refractivity contribution in [1.82, 2.24) is 16.0 Å². The maximum atomic E-state index is 13.0. The molecule has 0 aromatic carbocycles. The number of aliphatic hydroxyl groups excluding tert-OH is 17. The first kappa shape index (κ1) is 66.9. The number of carboxylic acid groups (broad SMARTS) is 1. The highest BCUT2D eigenvalue weighted by Gasteiger charge is 2.61. The number of carboxylic acids is 1. The molecule has 6 heterocycles. The van der Waals surface area contributed by atoms with Gasteiger partial charge < -0.3 is 160 Å². The third-order valence-electron chi connectivity index (χ3n) is 14.5. The number of carbonyl (C=O) groups is 4. The van der Waals surface area contributed by atoms with Crippen LogP contribution in [0, 0.1) is 0 Å². The first-order chi connectivity index (χ1) is 38.0. The van der Waals surface area contributed by atoms with Crippen LogP contribution in [0.4, 0.5) is 0 Å². The van der Waals surface area contributed by atoms with Crippen molar-refractivity contribution in [3.8, 4) is 0 Å². The number of hydrogen-bond donors (Lipinski definition) is 21. The Morgan fingerprint density at radius 2 is 1.05 bits per heavy atom. The summed E-state index contributed by atoms with van der Waals surface area (Å²) in [5, 5.41) is 201. The lowest BCUT2D eigenvalue weighted by Gasteiger charge is -2.51. The molecule has 6 saturated heterocycles. The van der Waals surface area contributed by atoms with Crippen LogP contribution in [0.2, 0.25) is 0 Å². The second-order valence-corrected chi connectivity index (χ2v) is 20.4. The van der Waals surface area contributed by atoms with Crippen LogP contribution in [-0.2, 0) is 71.3 Å². The highest BCUT2D eigenvalue weighted by atomic mass is 16.8. The maximum Gasteiger partial charge on any atom is 0.364 e. The van der Waals surface area contributed by atoms with Gasteiger partial charge in [-0.2, -0.15) is 0 Å². The molecule has 6 fully saturated rings. The molecule has 21 N–H and O–H groups in total. The highest BCUT2D eigenvalue weighted by molar-refractivity contribution is 5.76. The first-order valence-corrected chi connectivity index (χ1v) is 25.6. The Morgan fingerprint density at radius 3 is 1.63 bits per heavy atom. The minimum absolute atomic E-state index is 0.777. The van der Waals surface area contributed by atoms with Gasteiger partial charge in [-0.25, -0.2) is 4.79 Å². The fraction of sp³-hybridized carbons (Fsp3) is 0.911. The van der Waals surface area contributed by atoms with Crippen LogP contribution in [0.1, 0.15) is 34.1 Å². The van der Waals surface area contributed by atoms with Crippen LogP contribution in [0.15, 0.2) is 0 Å². The molecule has 81 heavy (non-hydrogen) atoms. The lowest BCUT2D eigenvalue weighted by Crippen LogP contribution is -2.71. The van der Waals surface area contributed by atoms with Crippen molar-refractivity contribution < 1.29 is 163 Å². The summed E-state index contributed by atoms with van der Waals surface area (Å²) in [6, 6.07) is -5.21. The third kappa shape index (κ3) is 14.7. The Hall–Kier alpha value is -3.24. The Balaban J connectivity index is 1.31. The van der Waals surface area contributed by atoms with E-state index in [4.69, 9.17) is 52.1 Å². The standard InChI is InChI=1S/C45H75N3O33/c1-11-24(58)31(65)32(66)42(72-11)79-36-23(48-14(4)55)40(76-19(9-52)34(36)77-41-21(46-12(2)53)30(64)27(61)17(7-50)74-41)71-10-20-29(63)35(22(39(68)73-20)47-13(3)54)78-43-33(67)38(28(62)18(8-51)75-43)81-45(44(69)70)5-15(56)25(59)37(80-45)26(60)16(57)6-49/h11,15-43,49-52,56-68H,5-10H2,1-4H3,(H,46,53)(H,47,54)(H,48,55)(H,69,70)/t11-,15-,16+,17+,18+,19+,20+,21+,22+,23+,24+,25+,26+,27-,28-,29-,30+,31+,32-,33+,34+,35+,36+,37+,38-,39+,40+,41-,42-,43-,45-/m0/s1. The van der Waals surface area contributed by atoms with Crippen LogP contribution in [0.3, 0.4) is 0 Å². The van der Waals surface area contributed by atoms with E-state index in [-0.39, 0.29) is 0 Å².